The smallest absolute Gasteiger partial charge is 0.338 e. The Morgan fingerprint density at radius 1 is 1.28 bits per heavy atom. The van der Waals surface area contributed by atoms with Gasteiger partial charge in [0.15, 0.2) is 0 Å². The van der Waals surface area contributed by atoms with E-state index in [1.165, 1.54) is 29.2 Å². The number of esters is 1. The third-order valence-electron chi connectivity index (χ3n) is 3.07. The summed E-state index contributed by atoms with van der Waals surface area (Å²) in [6.45, 7) is 7.49. The number of halogens is 1. The molecule has 18 heavy (non-hydrogen) atoms. The largest absolute Gasteiger partial charge is 0.456 e. The van der Waals surface area contributed by atoms with Crippen LogP contribution in [0.5, 0.6) is 0 Å². The van der Waals surface area contributed by atoms with Crippen molar-refractivity contribution in [1.82, 2.24) is 0 Å². The highest BCUT2D eigenvalue weighted by atomic mass is 19.1. The molecular weight excluding hydrogens is 233 g/mol. The maximum absolute atomic E-state index is 12.7. The van der Waals surface area contributed by atoms with E-state index in [9.17, 15) is 9.18 Å². The zero-order chi connectivity index (χ0) is 13.8. The van der Waals surface area contributed by atoms with Crippen molar-refractivity contribution in [2.24, 2.45) is 0 Å². The molecule has 1 N–H and O–H groups in total. The summed E-state index contributed by atoms with van der Waals surface area (Å²) in [4.78, 5) is 12.9. The number of benzene rings is 1. The molecular formula is C14H21FNO2+. The number of nitrogens with one attached hydrogen (secondary N) is 1. The maximum Gasteiger partial charge on any atom is 0.338 e. The molecule has 0 fully saturated rings. The van der Waals surface area contributed by atoms with E-state index in [1.807, 2.05) is 0 Å². The number of carbonyl (C=O) groups is 1. The van der Waals surface area contributed by atoms with E-state index >= 15 is 0 Å². The lowest BCUT2D eigenvalue weighted by atomic mass is 10.1. The SMILES string of the molecule is C[NH+](CCOC(=O)c1ccc(F)cc1)C(C)(C)C. The van der Waals surface area contributed by atoms with Crippen molar-refractivity contribution in [2.45, 2.75) is 26.3 Å². The lowest BCUT2D eigenvalue weighted by molar-refractivity contribution is -0.927. The van der Waals surface area contributed by atoms with Crippen molar-refractivity contribution in [3.8, 4) is 0 Å². The summed E-state index contributed by atoms with van der Waals surface area (Å²) >= 11 is 0. The standard InChI is InChI=1S/C14H20FNO2/c1-14(2,3)16(4)9-10-18-13(17)11-5-7-12(15)8-6-11/h5-8H,9-10H2,1-4H3/p+1. The predicted octanol–water partition coefficient (Wildman–Crippen LogP) is 1.30. The molecule has 0 saturated heterocycles. The van der Waals surface area contributed by atoms with Crippen molar-refractivity contribution in [1.29, 1.82) is 0 Å². The van der Waals surface area contributed by atoms with E-state index in [1.54, 1.807) is 0 Å². The first-order valence-corrected chi connectivity index (χ1v) is 6.06. The second kappa shape index (κ2) is 5.96. The van der Waals surface area contributed by atoms with Crippen molar-refractivity contribution in [3.05, 3.63) is 35.6 Å². The first kappa shape index (κ1) is 14.6. The lowest BCUT2D eigenvalue weighted by Gasteiger charge is -2.28. The van der Waals surface area contributed by atoms with Gasteiger partial charge in [0.1, 0.15) is 19.0 Å². The molecule has 1 atom stereocenters. The monoisotopic (exact) mass is 254 g/mol. The Kier molecular flexibility index (Phi) is 4.84. The van der Waals surface area contributed by atoms with Gasteiger partial charge < -0.3 is 9.64 Å². The third-order valence-corrected chi connectivity index (χ3v) is 3.07. The van der Waals surface area contributed by atoms with Gasteiger partial charge in [0.2, 0.25) is 0 Å². The molecule has 0 amide bonds. The van der Waals surface area contributed by atoms with Crippen molar-refractivity contribution >= 4 is 5.97 Å². The van der Waals surface area contributed by atoms with Crippen LogP contribution in [-0.2, 0) is 4.74 Å². The average Bonchev–Trinajstić information content (AvgIpc) is 2.28. The van der Waals surface area contributed by atoms with Crippen LogP contribution in [-0.4, -0.2) is 31.7 Å². The van der Waals surface area contributed by atoms with Gasteiger partial charge in [0.25, 0.3) is 0 Å². The molecule has 1 rings (SSSR count). The van der Waals surface area contributed by atoms with Crippen LogP contribution in [0.2, 0.25) is 0 Å². The number of likely N-dealkylation sites (N-methyl/N-ethyl adjacent to an activating group) is 1. The quantitative estimate of drug-likeness (QED) is 0.821. The summed E-state index contributed by atoms with van der Waals surface area (Å²) in [5, 5.41) is 0. The van der Waals surface area contributed by atoms with E-state index < -0.39 is 5.97 Å². The van der Waals surface area contributed by atoms with Gasteiger partial charge in [-0.1, -0.05) is 0 Å². The van der Waals surface area contributed by atoms with Gasteiger partial charge in [-0.2, -0.15) is 0 Å². The number of ether oxygens (including phenoxy) is 1. The van der Waals surface area contributed by atoms with E-state index in [2.05, 4.69) is 27.8 Å². The molecule has 1 aromatic rings. The van der Waals surface area contributed by atoms with Gasteiger partial charge in [-0.3, -0.25) is 0 Å². The molecule has 100 valence electrons. The maximum atomic E-state index is 12.7. The average molecular weight is 254 g/mol. The molecule has 3 nitrogen and oxygen atoms in total. The lowest BCUT2D eigenvalue weighted by Crippen LogP contribution is -3.16. The number of carbonyl (C=O) groups excluding carboxylic acids is 1. The Morgan fingerprint density at radius 2 is 1.83 bits per heavy atom. The van der Waals surface area contributed by atoms with E-state index in [-0.39, 0.29) is 11.4 Å². The van der Waals surface area contributed by atoms with Crippen LogP contribution < -0.4 is 4.90 Å². The van der Waals surface area contributed by atoms with Crippen LogP contribution in [0, 0.1) is 5.82 Å². The number of hydrogen-bond donors (Lipinski definition) is 1. The topological polar surface area (TPSA) is 30.7 Å². The fourth-order valence-corrected chi connectivity index (χ4v) is 1.34. The Labute approximate surface area is 108 Å². The molecule has 4 heteroatoms. The molecule has 1 aromatic carbocycles. The summed E-state index contributed by atoms with van der Waals surface area (Å²) in [7, 11) is 2.06. The Bertz CT molecular complexity index is 395. The molecule has 0 spiro atoms. The predicted molar refractivity (Wildman–Crippen MR) is 68.2 cm³/mol. The van der Waals surface area contributed by atoms with Gasteiger partial charge in [-0.15, -0.1) is 0 Å². The Balaban J connectivity index is 2.40. The fourth-order valence-electron chi connectivity index (χ4n) is 1.34. The zero-order valence-electron chi connectivity index (χ0n) is 11.4. The van der Waals surface area contributed by atoms with Crippen LogP contribution in [0.25, 0.3) is 0 Å². The van der Waals surface area contributed by atoms with Gasteiger partial charge in [-0.25, -0.2) is 9.18 Å². The fraction of sp³-hybridized carbons (Fsp3) is 0.500. The molecule has 0 bridgehead atoms. The molecule has 1 unspecified atom stereocenters. The molecule has 0 aliphatic carbocycles. The molecule has 0 aromatic heterocycles. The van der Waals surface area contributed by atoms with E-state index in [0.29, 0.717) is 12.2 Å². The highest BCUT2D eigenvalue weighted by Crippen LogP contribution is 2.04. The minimum Gasteiger partial charge on any atom is -0.456 e. The Morgan fingerprint density at radius 3 is 2.33 bits per heavy atom. The zero-order valence-corrected chi connectivity index (χ0v) is 11.4. The van der Waals surface area contributed by atoms with Crippen LogP contribution in [0.1, 0.15) is 31.1 Å². The van der Waals surface area contributed by atoms with Crippen molar-refractivity contribution in [3.63, 3.8) is 0 Å². The third kappa shape index (κ3) is 4.45. The summed E-state index contributed by atoms with van der Waals surface area (Å²) in [6.07, 6.45) is 0. The second-order valence-corrected chi connectivity index (χ2v) is 5.42. The molecule has 0 aliphatic heterocycles. The van der Waals surface area contributed by atoms with E-state index in [4.69, 9.17) is 4.74 Å². The number of hydrogen-bond acceptors (Lipinski definition) is 2. The number of rotatable bonds is 4. The molecule has 0 aliphatic rings. The van der Waals surface area contributed by atoms with Crippen LogP contribution in [0.3, 0.4) is 0 Å². The summed E-state index contributed by atoms with van der Waals surface area (Å²) < 4.78 is 17.8. The van der Waals surface area contributed by atoms with Gasteiger partial charge >= 0.3 is 5.97 Å². The van der Waals surface area contributed by atoms with Crippen LogP contribution in [0.15, 0.2) is 24.3 Å². The van der Waals surface area contributed by atoms with Crippen LogP contribution in [0.4, 0.5) is 4.39 Å². The van der Waals surface area contributed by atoms with Crippen LogP contribution >= 0.6 is 0 Å². The summed E-state index contributed by atoms with van der Waals surface area (Å²) in [5.74, 6) is -0.764. The normalized spacial score (nSPS) is 13.2. The second-order valence-electron chi connectivity index (χ2n) is 5.42. The van der Waals surface area contributed by atoms with Gasteiger partial charge in [-0.05, 0) is 45.0 Å². The minimum absolute atomic E-state index is 0.127. The molecule has 0 radical (unpaired) electrons. The minimum atomic E-state index is -0.406. The van der Waals surface area contributed by atoms with Gasteiger partial charge in [0, 0.05) is 0 Å². The number of quaternary nitrogens is 1. The molecule has 0 heterocycles. The van der Waals surface area contributed by atoms with E-state index in [0.717, 1.165) is 6.54 Å². The van der Waals surface area contributed by atoms with Crippen molar-refractivity contribution < 1.29 is 18.8 Å². The first-order valence-electron chi connectivity index (χ1n) is 6.06. The van der Waals surface area contributed by atoms with Crippen molar-refractivity contribution in [2.75, 3.05) is 20.2 Å². The van der Waals surface area contributed by atoms with Gasteiger partial charge in [0.05, 0.1) is 18.2 Å². The molecule has 0 saturated carbocycles. The summed E-state index contributed by atoms with van der Waals surface area (Å²) in [5.41, 5.74) is 0.507. The summed E-state index contributed by atoms with van der Waals surface area (Å²) in [6, 6.07) is 5.36. The Hall–Kier alpha value is -1.42. The highest BCUT2D eigenvalue weighted by molar-refractivity contribution is 5.89. The highest BCUT2D eigenvalue weighted by Gasteiger charge is 2.20. The first-order chi connectivity index (χ1) is 8.30.